The van der Waals surface area contributed by atoms with Gasteiger partial charge in [0.1, 0.15) is 12.8 Å². The molecule has 10 heteroatoms. The third kappa shape index (κ3) is 5.00. The molecule has 176 valence electrons. The lowest BCUT2D eigenvalue weighted by Gasteiger charge is -2.56. The molecule has 0 spiro atoms. The summed E-state index contributed by atoms with van der Waals surface area (Å²) in [5.41, 5.74) is 1.62. The average Bonchev–Trinajstić information content (AvgIpc) is 3.17. The molecule has 6 unspecified atom stereocenters. The lowest BCUT2D eigenvalue weighted by Crippen LogP contribution is -2.71. The third-order valence-electron chi connectivity index (χ3n) is 7.46. The minimum Gasteiger partial charge on any atom is -0.391 e. The van der Waals surface area contributed by atoms with Gasteiger partial charge in [0, 0.05) is 24.4 Å². The molecule has 31 heavy (non-hydrogen) atoms. The topological polar surface area (TPSA) is 109 Å². The minimum atomic E-state index is -1.11. The molecular formula is C21H33ClFN3O5. The number of fused-ring (bicyclic) bond motifs is 3. The van der Waals surface area contributed by atoms with Gasteiger partial charge in [0.05, 0.1) is 23.1 Å². The van der Waals surface area contributed by atoms with Crippen molar-refractivity contribution in [2.75, 3.05) is 6.61 Å². The van der Waals surface area contributed by atoms with Gasteiger partial charge in [0.2, 0.25) is 5.91 Å². The summed E-state index contributed by atoms with van der Waals surface area (Å²) in [5.74, 6) is -0.464. The Balaban J connectivity index is 1.26. The fourth-order valence-electron chi connectivity index (χ4n) is 5.48. The lowest BCUT2D eigenvalue weighted by molar-refractivity contribution is -0.145. The first-order valence-electron chi connectivity index (χ1n) is 11.3. The zero-order chi connectivity index (χ0) is 22.2. The third-order valence-corrected chi connectivity index (χ3v) is 7.96. The second-order valence-electron chi connectivity index (χ2n) is 9.83. The number of rotatable bonds is 6. The van der Waals surface area contributed by atoms with Crippen molar-refractivity contribution in [1.82, 2.24) is 16.1 Å². The van der Waals surface area contributed by atoms with E-state index in [9.17, 15) is 19.1 Å². The normalized spacial score (nSPS) is 44.8. The van der Waals surface area contributed by atoms with Gasteiger partial charge in [-0.15, -0.1) is 11.6 Å². The highest BCUT2D eigenvalue weighted by Gasteiger charge is 2.55. The number of hydroxylamine groups is 1. The number of ether oxygens (including phenoxy) is 1. The quantitative estimate of drug-likeness (QED) is 0.443. The second kappa shape index (κ2) is 9.09. The van der Waals surface area contributed by atoms with Gasteiger partial charge in [-0.25, -0.2) is 4.39 Å². The van der Waals surface area contributed by atoms with Crippen LogP contribution < -0.4 is 16.1 Å². The highest BCUT2D eigenvalue weighted by molar-refractivity contribution is 6.21. The Kier molecular flexibility index (Phi) is 6.80. The van der Waals surface area contributed by atoms with Gasteiger partial charge in [-0.3, -0.25) is 14.4 Å². The first kappa shape index (κ1) is 23.2. The number of hydrogen-bond acceptors (Lipinski definition) is 6. The fourth-order valence-corrected chi connectivity index (χ4v) is 5.71. The van der Waals surface area contributed by atoms with E-state index in [2.05, 4.69) is 16.1 Å². The largest absolute Gasteiger partial charge is 0.391 e. The van der Waals surface area contributed by atoms with Crippen LogP contribution in [-0.2, 0) is 19.2 Å². The maximum Gasteiger partial charge on any atom is 0.251 e. The zero-order valence-corrected chi connectivity index (χ0v) is 18.6. The van der Waals surface area contributed by atoms with E-state index in [1.165, 1.54) is 0 Å². The van der Waals surface area contributed by atoms with Crippen LogP contribution in [0.1, 0.15) is 64.7 Å². The van der Waals surface area contributed by atoms with E-state index in [0.717, 1.165) is 0 Å². The summed E-state index contributed by atoms with van der Waals surface area (Å²) in [4.78, 5) is 30.5. The summed E-state index contributed by atoms with van der Waals surface area (Å²) in [7, 11) is 0. The molecule has 1 saturated heterocycles. The van der Waals surface area contributed by atoms with Crippen LogP contribution >= 0.6 is 11.6 Å². The van der Waals surface area contributed by atoms with Crippen molar-refractivity contribution in [3.63, 3.8) is 0 Å². The van der Waals surface area contributed by atoms with E-state index in [-0.39, 0.29) is 37.0 Å². The van der Waals surface area contributed by atoms with Crippen LogP contribution in [0.3, 0.4) is 0 Å². The number of amides is 2. The lowest BCUT2D eigenvalue weighted by atomic mass is 9.59. The van der Waals surface area contributed by atoms with Gasteiger partial charge in [-0.2, -0.15) is 5.48 Å². The van der Waals surface area contributed by atoms with Crippen molar-refractivity contribution in [1.29, 1.82) is 0 Å². The molecule has 0 aromatic carbocycles. The van der Waals surface area contributed by atoms with E-state index in [0.29, 0.717) is 51.4 Å². The Morgan fingerprint density at radius 2 is 1.97 bits per heavy atom. The Morgan fingerprint density at radius 3 is 2.58 bits per heavy atom. The molecular weight excluding hydrogens is 429 g/mol. The molecule has 0 aromatic rings. The SMILES string of the molecule is CC1CC(C(=O)NC23CCC(NC(=O)COC4CCC(Cl)C(F)C4)(CC2)CC3O)ON1. The Morgan fingerprint density at radius 1 is 1.23 bits per heavy atom. The van der Waals surface area contributed by atoms with E-state index >= 15 is 0 Å². The zero-order valence-electron chi connectivity index (χ0n) is 17.9. The number of aliphatic hydroxyl groups is 1. The molecule has 2 amide bonds. The second-order valence-corrected chi connectivity index (χ2v) is 10.4. The molecule has 5 fully saturated rings. The predicted octanol–water partition coefficient (Wildman–Crippen LogP) is 1.23. The van der Waals surface area contributed by atoms with Crippen molar-refractivity contribution in [3.05, 3.63) is 0 Å². The standard InChI is InChI=1S/C21H33ClFN3O5/c1-12-8-16(31-26-12)19(29)25-21-6-4-20(5-7-21,10-17(21)27)24-18(28)11-30-13-2-3-14(22)15(23)9-13/h12-17,26-27H,2-11H2,1H3,(H,24,28)(H,25,29). The van der Waals surface area contributed by atoms with Gasteiger partial charge in [-0.05, 0) is 51.9 Å². The van der Waals surface area contributed by atoms with Crippen molar-refractivity contribution >= 4 is 23.4 Å². The summed E-state index contributed by atoms with van der Waals surface area (Å²) in [6.07, 6.45) is 2.16. The number of alkyl halides is 2. The molecule has 6 atom stereocenters. The summed E-state index contributed by atoms with van der Waals surface area (Å²) >= 11 is 5.90. The summed E-state index contributed by atoms with van der Waals surface area (Å²) in [6.45, 7) is 1.81. The van der Waals surface area contributed by atoms with Crippen LogP contribution in [0.2, 0.25) is 0 Å². The average molecular weight is 462 g/mol. The van der Waals surface area contributed by atoms with Crippen LogP contribution in [0, 0.1) is 0 Å². The molecule has 5 aliphatic rings. The van der Waals surface area contributed by atoms with E-state index in [1.54, 1.807) is 0 Å². The first-order valence-corrected chi connectivity index (χ1v) is 11.8. The van der Waals surface area contributed by atoms with Crippen LogP contribution in [0.15, 0.2) is 0 Å². The number of nitrogens with one attached hydrogen (secondary N) is 3. The molecule has 0 aromatic heterocycles. The molecule has 8 nitrogen and oxygen atoms in total. The molecule has 4 N–H and O–H groups in total. The number of halogens is 2. The van der Waals surface area contributed by atoms with Crippen molar-refractivity contribution in [2.24, 2.45) is 0 Å². The maximum atomic E-state index is 13.8. The minimum absolute atomic E-state index is 0.113. The molecule has 5 rings (SSSR count). The predicted molar refractivity (Wildman–Crippen MR) is 111 cm³/mol. The Bertz CT molecular complexity index is 690. The van der Waals surface area contributed by atoms with E-state index in [1.807, 2.05) is 6.92 Å². The van der Waals surface area contributed by atoms with Gasteiger partial charge in [0.25, 0.3) is 5.91 Å². The van der Waals surface area contributed by atoms with Gasteiger partial charge >= 0.3 is 0 Å². The van der Waals surface area contributed by atoms with Gasteiger partial charge in [-0.1, -0.05) is 0 Å². The number of carbonyl (C=O) groups excluding carboxylic acids is 2. The smallest absolute Gasteiger partial charge is 0.251 e. The first-order chi connectivity index (χ1) is 14.7. The monoisotopic (exact) mass is 461 g/mol. The van der Waals surface area contributed by atoms with Crippen molar-refractivity contribution < 1.29 is 28.7 Å². The van der Waals surface area contributed by atoms with Crippen LogP contribution in [0.5, 0.6) is 0 Å². The van der Waals surface area contributed by atoms with Crippen LogP contribution in [0.4, 0.5) is 4.39 Å². The molecule has 0 radical (unpaired) electrons. The Labute approximate surface area is 186 Å². The van der Waals surface area contributed by atoms with Crippen molar-refractivity contribution in [2.45, 2.75) is 112 Å². The van der Waals surface area contributed by atoms with Gasteiger partial charge in [0.15, 0.2) is 6.10 Å². The highest BCUT2D eigenvalue weighted by atomic mass is 35.5. The summed E-state index contributed by atoms with van der Waals surface area (Å²) in [5, 5.41) is 16.5. The summed E-state index contributed by atoms with van der Waals surface area (Å²) < 4.78 is 19.4. The number of hydrogen-bond donors (Lipinski definition) is 4. The molecule has 4 saturated carbocycles. The van der Waals surface area contributed by atoms with E-state index in [4.69, 9.17) is 21.2 Å². The molecule has 2 bridgehead atoms. The Hall–Kier alpha value is -1.00. The van der Waals surface area contributed by atoms with Crippen molar-refractivity contribution in [3.8, 4) is 0 Å². The molecule has 1 aliphatic heterocycles. The fraction of sp³-hybridized carbons (Fsp3) is 0.905. The van der Waals surface area contributed by atoms with Crippen LogP contribution in [0.25, 0.3) is 0 Å². The molecule has 1 heterocycles. The highest BCUT2D eigenvalue weighted by Crippen LogP contribution is 2.47. The maximum absolute atomic E-state index is 13.8. The van der Waals surface area contributed by atoms with Gasteiger partial charge < -0.3 is 20.5 Å². The summed E-state index contributed by atoms with van der Waals surface area (Å²) in [6, 6.07) is 0.113. The number of carbonyl (C=O) groups is 2. The van der Waals surface area contributed by atoms with Crippen LogP contribution in [-0.4, -0.2) is 70.5 Å². The number of aliphatic hydroxyl groups excluding tert-OH is 1. The van der Waals surface area contributed by atoms with E-state index < -0.39 is 34.8 Å². The molecule has 4 aliphatic carbocycles.